The molecule has 3 aromatic rings. The molecule has 19 heavy (non-hydrogen) atoms. The maximum absolute atomic E-state index is 11.2. The molecular formula is C14H9ClN2OS. The van der Waals surface area contributed by atoms with Gasteiger partial charge in [-0.3, -0.25) is 4.79 Å². The summed E-state index contributed by atoms with van der Waals surface area (Å²) in [6.07, 6.45) is 0. The fourth-order valence-corrected chi connectivity index (χ4v) is 2.93. The van der Waals surface area contributed by atoms with Crippen molar-refractivity contribution < 1.29 is 4.79 Å². The first-order valence-electron chi connectivity index (χ1n) is 5.60. The van der Waals surface area contributed by atoms with E-state index in [2.05, 4.69) is 4.98 Å². The van der Waals surface area contributed by atoms with Gasteiger partial charge in [-0.25, -0.2) is 4.98 Å². The highest BCUT2D eigenvalue weighted by atomic mass is 35.5. The highest BCUT2D eigenvalue weighted by Gasteiger charge is 2.08. The van der Waals surface area contributed by atoms with Crippen molar-refractivity contribution in [2.45, 2.75) is 0 Å². The molecular weight excluding hydrogens is 280 g/mol. The Balaban J connectivity index is 2.11. The van der Waals surface area contributed by atoms with Crippen LogP contribution in [-0.2, 0) is 0 Å². The van der Waals surface area contributed by atoms with E-state index in [-0.39, 0.29) is 0 Å². The summed E-state index contributed by atoms with van der Waals surface area (Å²) in [5, 5.41) is 1.59. The summed E-state index contributed by atoms with van der Waals surface area (Å²) in [4.78, 5) is 15.7. The zero-order chi connectivity index (χ0) is 13.4. The molecule has 0 saturated heterocycles. The Kier molecular flexibility index (Phi) is 2.97. The minimum atomic E-state index is -0.427. The molecule has 0 fully saturated rings. The Labute approximate surface area is 118 Å². The topological polar surface area (TPSA) is 56.0 Å². The summed E-state index contributed by atoms with van der Waals surface area (Å²) >= 11 is 7.39. The van der Waals surface area contributed by atoms with Crippen LogP contribution in [0.5, 0.6) is 0 Å². The van der Waals surface area contributed by atoms with Gasteiger partial charge in [0.25, 0.3) is 0 Å². The first-order valence-corrected chi connectivity index (χ1v) is 6.79. The molecule has 2 N–H and O–H groups in total. The van der Waals surface area contributed by atoms with Crippen molar-refractivity contribution in [2.24, 2.45) is 5.73 Å². The summed E-state index contributed by atoms with van der Waals surface area (Å²) in [5.41, 5.74) is 7.64. The van der Waals surface area contributed by atoms with E-state index in [0.717, 1.165) is 20.8 Å². The standard InChI is InChI=1S/C14H9ClN2OS/c15-10-4-1-8(2-5-10)14-17-11-6-3-9(13(16)18)7-12(11)19-14/h1-7H,(H2,16,18). The lowest BCUT2D eigenvalue weighted by molar-refractivity contribution is 0.100. The minimum Gasteiger partial charge on any atom is -0.366 e. The quantitative estimate of drug-likeness (QED) is 0.781. The van der Waals surface area contributed by atoms with Crippen LogP contribution < -0.4 is 5.73 Å². The van der Waals surface area contributed by atoms with Crippen LogP contribution in [0.2, 0.25) is 5.02 Å². The van der Waals surface area contributed by atoms with Gasteiger partial charge in [-0.15, -0.1) is 11.3 Å². The van der Waals surface area contributed by atoms with Gasteiger partial charge in [-0.05, 0) is 30.3 Å². The normalized spacial score (nSPS) is 10.8. The number of thiazole rings is 1. The number of carbonyl (C=O) groups excluding carboxylic acids is 1. The van der Waals surface area contributed by atoms with Crippen molar-refractivity contribution in [1.82, 2.24) is 4.98 Å². The molecule has 1 heterocycles. The molecule has 3 rings (SSSR count). The Morgan fingerprint density at radius 3 is 2.58 bits per heavy atom. The molecule has 0 unspecified atom stereocenters. The molecule has 94 valence electrons. The number of nitrogens with two attached hydrogens (primary N) is 1. The summed E-state index contributed by atoms with van der Waals surface area (Å²) in [5.74, 6) is -0.427. The van der Waals surface area contributed by atoms with E-state index in [1.165, 1.54) is 11.3 Å². The zero-order valence-corrected chi connectivity index (χ0v) is 11.3. The van der Waals surface area contributed by atoms with Crippen molar-refractivity contribution in [1.29, 1.82) is 0 Å². The molecule has 1 amide bonds. The van der Waals surface area contributed by atoms with Crippen LogP contribution >= 0.6 is 22.9 Å². The van der Waals surface area contributed by atoms with E-state index < -0.39 is 5.91 Å². The number of nitrogens with zero attached hydrogens (tertiary/aromatic N) is 1. The predicted octanol–water partition coefficient (Wildman–Crippen LogP) is 3.72. The van der Waals surface area contributed by atoms with E-state index in [1.807, 2.05) is 30.3 Å². The average Bonchev–Trinajstić information content (AvgIpc) is 2.82. The molecule has 0 atom stereocenters. The highest BCUT2D eigenvalue weighted by Crippen LogP contribution is 2.31. The smallest absolute Gasteiger partial charge is 0.248 e. The molecule has 0 spiro atoms. The van der Waals surface area contributed by atoms with E-state index in [4.69, 9.17) is 17.3 Å². The maximum Gasteiger partial charge on any atom is 0.248 e. The molecule has 3 nitrogen and oxygen atoms in total. The second-order valence-electron chi connectivity index (χ2n) is 4.07. The summed E-state index contributed by atoms with van der Waals surface area (Å²) in [7, 11) is 0. The van der Waals surface area contributed by atoms with Crippen LogP contribution in [-0.4, -0.2) is 10.9 Å². The van der Waals surface area contributed by atoms with Gasteiger partial charge in [0.05, 0.1) is 10.2 Å². The van der Waals surface area contributed by atoms with Crippen molar-refractivity contribution in [3.8, 4) is 10.6 Å². The van der Waals surface area contributed by atoms with Gasteiger partial charge < -0.3 is 5.73 Å². The van der Waals surface area contributed by atoms with Gasteiger partial charge in [-0.2, -0.15) is 0 Å². The highest BCUT2D eigenvalue weighted by molar-refractivity contribution is 7.21. The first kappa shape index (κ1) is 12.1. The van der Waals surface area contributed by atoms with Crippen LogP contribution in [0.3, 0.4) is 0 Å². The number of carbonyl (C=O) groups is 1. The largest absolute Gasteiger partial charge is 0.366 e. The van der Waals surface area contributed by atoms with Gasteiger partial charge in [-0.1, -0.05) is 23.7 Å². The van der Waals surface area contributed by atoms with Crippen LogP contribution in [0.4, 0.5) is 0 Å². The lowest BCUT2D eigenvalue weighted by Gasteiger charge is -1.94. The van der Waals surface area contributed by atoms with Gasteiger partial charge in [0.2, 0.25) is 5.91 Å². The van der Waals surface area contributed by atoms with Gasteiger partial charge >= 0.3 is 0 Å². The van der Waals surface area contributed by atoms with Crippen molar-refractivity contribution in [2.75, 3.05) is 0 Å². The number of hydrogen-bond acceptors (Lipinski definition) is 3. The molecule has 0 saturated carbocycles. The third-order valence-electron chi connectivity index (χ3n) is 2.76. The van der Waals surface area contributed by atoms with Crippen LogP contribution in [0.1, 0.15) is 10.4 Å². The fourth-order valence-electron chi connectivity index (χ4n) is 1.79. The molecule has 5 heteroatoms. The minimum absolute atomic E-state index is 0.427. The number of rotatable bonds is 2. The van der Waals surface area contributed by atoms with Crippen molar-refractivity contribution >= 4 is 39.1 Å². The SMILES string of the molecule is NC(=O)c1ccc2nc(-c3ccc(Cl)cc3)sc2c1. The molecule has 0 aliphatic heterocycles. The van der Waals surface area contributed by atoms with Crippen molar-refractivity contribution in [3.63, 3.8) is 0 Å². The molecule has 0 bridgehead atoms. The third kappa shape index (κ3) is 2.32. The number of aromatic nitrogens is 1. The number of fused-ring (bicyclic) bond motifs is 1. The Morgan fingerprint density at radius 2 is 1.89 bits per heavy atom. The number of benzene rings is 2. The summed E-state index contributed by atoms with van der Waals surface area (Å²) in [6.45, 7) is 0. The molecule has 0 aliphatic carbocycles. The van der Waals surface area contributed by atoms with E-state index >= 15 is 0 Å². The van der Waals surface area contributed by atoms with Gasteiger partial charge in [0, 0.05) is 16.1 Å². The Morgan fingerprint density at radius 1 is 1.16 bits per heavy atom. The number of halogens is 1. The number of amides is 1. The lowest BCUT2D eigenvalue weighted by Crippen LogP contribution is -2.10. The first-order chi connectivity index (χ1) is 9.13. The second kappa shape index (κ2) is 4.64. The van der Waals surface area contributed by atoms with E-state index in [1.54, 1.807) is 12.1 Å². The third-order valence-corrected chi connectivity index (χ3v) is 4.08. The van der Waals surface area contributed by atoms with E-state index in [9.17, 15) is 4.79 Å². The lowest BCUT2D eigenvalue weighted by atomic mass is 10.2. The zero-order valence-electron chi connectivity index (χ0n) is 9.76. The van der Waals surface area contributed by atoms with Crippen LogP contribution in [0.25, 0.3) is 20.8 Å². The number of primary amides is 1. The Bertz CT molecular complexity index is 765. The second-order valence-corrected chi connectivity index (χ2v) is 5.54. The van der Waals surface area contributed by atoms with Crippen LogP contribution in [0.15, 0.2) is 42.5 Å². The molecule has 0 radical (unpaired) electrons. The van der Waals surface area contributed by atoms with Gasteiger partial charge in [0.1, 0.15) is 5.01 Å². The maximum atomic E-state index is 11.2. The van der Waals surface area contributed by atoms with Crippen molar-refractivity contribution in [3.05, 3.63) is 53.1 Å². The molecule has 1 aromatic heterocycles. The molecule has 0 aliphatic rings. The van der Waals surface area contributed by atoms with Crippen LogP contribution in [0, 0.1) is 0 Å². The van der Waals surface area contributed by atoms with E-state index in [0.29, 0.717) is 10.6 Å². The molecule has 2 aromatic carbocycles. The summed E-state index contributed by atoms with van der Waals surface area (Å²) < 4.78 is 0.946. The van der Waals surface area contributed by atoms with Gasteiger partial charge in [0.15, 0.2) is 0 Å². The predicted molar refractivity (Wildman–Crippen MR) is 78.6 cm³/mol. The average molecular weight is 289 g/mol. The Hall–Kier alpha value is -1.91. The monoisotopic (exact) mass is 288 g/mol. The number of hydrogen-bond donors (Lipinski definition) is 1. The summed E-state index contributed by atoms with van der Waals surface area (Å²) in [6, 6.07) is 12.8. The fraction of sp³-hybridized carbons (Fsp3) is 0.